The van der Waals surface area contributed by atoms with Gasteiger partial charge in [0.25, 0.3) is 0 Å². The number of carbonyl (C=O) groups is 1. The summed E-state index contributed by atoms with van der Waals surface area (Å²) in [5.74, 6) is -0.359. The van der Waals surface area contributed by atoms with Crippen LogP contribution in [-0.2, 0) is 11.2 Å². The average Bonchev–Trinajstić information content (AvgIpc) is 2.61. The van der Waals surface area contributed by atoms with Crippen molar-refractivity contribution >= 4 is 22.5 Å². The van der Waals surface area contributed by atoms with E-state index in [9.17, 15) is 9.18 Å². The van der Waals surface area contributed by atoms with Crippen LogP contribution < -0.4 is 10.6 Å². The third-order valence-electron chi connectivity index (χ3n) is 3.70. The molecular formula is C19H18FN3O. The monoisotopic (exact) mass is 323 g/mol. The molecule has 24 heavy (non-hydrogen) atoms. The SMILES string of the molecule is O=C(CNCCc1ccc(F)cc1)Nc1cccc2cccnc12. The third-order valence-corrected chi connectivity index (χ3v) is 3.70. The fourth-order valence-electron chi connectivity index (χ4n) is 2.49. The van der Waals surface area contributed by atoms with Crippen LogP contribution in [0.25, 0.3) is 10.9 Å². The summed E-state index contributed by atoms with van der Waals surface area (Å²) in [6, 6.07) is 15.9. The van der Waals surface area contributed by atoms with Gasteiger partial charge in [0, 0.05) is 11.6 Å². The van der Waals surface area contributed by atoms with E-state index in [0.717, 1.165) is 22.9 Å². The smallest absolute Gasteiger partial charge is 0.238 e. The van der Waals surface area contributed by atoms with Crippen LogP contribution in [0.3, 0.4) is 0 Å². The summed E-state index contributed by atoms with van der Waals surface area (Å²) in [7, 11) is 0. The normalized spacial score (nSPS) is 10.7. The van der Waals surface area contributed by atoms with Crippen LogP contribution in [0.5, 0.6) is 0 Å². The number of fused-ring (bicyclic) bond motifs is 1. The minimum Gasteiger partial charge on any atom is -0.323 e. The fraction of sp³-hybridized carbons (Fsp3) is 0.158. The molecule has 2 aromatic carbocycles. The Morgan fingerprint density at radius 2 is 1.83 bits per heavy atom. The number of hydrogen-bond acceptors (Lipinski definition) is 3. The zero-order valence-electron chi connectivity index (χ0n) is 13.1. The van der Waals surface area contributed by atoms with Crippen molar-refractivity contribution in [3.05, 3.63) is 72.2 Å². The molecule has 1 amide bonds. The lowest BCUT2D eigenvalue weighted by Crippen LogP contribution is -2.29. The van der Waals surface area contributed by atoms with Crippen molar-refractivity contribution in [2.45, 2.75) is 6.42 Å². The van der Waals surface area contributed by atoms with Crippen molar-refractivity contribution < 1.29 is 9.18 Å². The molecule has 0 unspecified atom stereocenters. The maximum atomic E-state index is 12.8. The summed E-state index contributed by atoms with van der Waals surface area (Å²) < 4.78 is 12.8. The zero-order chi connectivity index (χ0) is 16.8. The number of halogens is 1. The van der Waals surface area contributed by atoms with Crippen LogP contribution in [0.15, 0.2) is 60.8 Å². The number of carbonyl (C=O) groups excluding carboxylic acids is 1. The molecular weight excluding hydrogens is 305 g/mol. The topological polar surface area (TPSA) is 54.0 Å². The molecule has 0 spiro atoms. The molecule has 0 aliphatic carbocycles. The average molecular weight is 323 g/mol. The van der Waals surface area contributed by atoms with Gasteiger partial charge in [0.15, 0.2) is 0 Å². The number of anilines is 1. The molecule has 0 saturated heterocycles. The highest BCUT2D eigenvalue weighted by molar-refractivity contribution is 6.00. The van der Waals surface area contributed by atoms with Gasteiger partial charge in [-0.05, 0) is 42.8 Å². The Hall–Kier alpha value is -2.79. The van der Waals surface area contributed by atoms with E-state index in [4.69, 9.17) is 0 Å². The molecule has 0 aliphatic heterocycles. The number of amides is 1. The van der Waals surface area contributed by atoms with Crippen molar-refractivity contribution in [1.29, 1.82) is 0 Å². The molecule has 0 atom stereocenters. The molecule has 0 radical (unpaired) electrons. The van der Waals surface area contributed by atoms with Crippen LogP contribution in [0.4, 0.5) is 10.1 Å². The highest BCUT2D eigenvalue weighted by Crippen LogP contribution is 2.20. The Balaban J connectivity index is 1.49. The maximum Gasteiger partial charge on any atom is 0.238 e. The molecule has 0 saturated carbocycles. The lowest BCUT2D eigenvalue weighted by molar-refractivity contribution is -0.115. The van der Waals surface area contributed by atoms with Gasteiger partial charge in [-0.25, -0.2) is 4.39 Å². The predicted octanol–water partition coefficient (Wildman–Crippen LogP) is 3.14. The Kier molecular flexibility index (Phi) is 5.13. The van der Waals surface area contributed by atoms with E-state index in [1.165, 1.54) is 12.1 Å². The molecule has 3 aromatic rings. The Morgan fingerprint density at radius 3 is 2.67 bits per heavy atom. The summed E-state index contributed by atoms with van der Waals surface area (Å²) >= 11 is 0. The Morgan fingerprint density at radius 1 is 1.04 bits per heavy atom. The summed E-state index contributed by atoms with van der Waals surface area (Å²) in [6.07, 6.45) is 2.45. The van der Waals surface area contributed by atoms with Gasteiger partial charge < -0.3 is 10.6 Å². The lowest BCUT2D eigenvalue weighted by atomic mass is 10.1. The summed E-state index contributed by atoms with van der Waals surface area (Å²) in [5, 5.41) is 6.95. The van der Waals surface area contributed by atoms with Crippen molar-refractivity contribution in [3.63, 3.8) is 0 Å². The van der Waals surface area contributed by atoms with E-state index in [2.05, 4.69) is 15.6 Å². The van der Waals surface area contributed by atoms with Crippen LogP contribution in [0, 0.1) is 5.82 Å². The zero-order valence-corrected chi connectivity index (χ0v) is 13.1. The van der Waals surface area contributed by atoms with Gasteiger partial charge in [-0.3, -0.25) is 9.78 Å². The third kappa shape index (κ3) is 4.14. The molecule has 3 rings (SSSR count). The van der Waals surface area contributed by atoms with Crippen LogP contribution in [0.1, 0.15) is 5.56 Å². The number of aromatic nitrogens is 1. The number of benzene rings is 2. The fourth-order valence-corrected chi connectivity index (χ4v) is 2.49. The first-order valence-corrected chi connectivity index (χ1v) is 7.81. The first kappa shape index (κ1) is 16.1. The molecule has 2 N–H and O–H groups in total. The van der Waals surface area contributed by atoms with Crippen molar-refractivity contribution in [1.82, 2.24) is 10.3 Å². The second-order valence-electron chi connectivity index (χ2n) is 5.48. The van der Waals surface area contributed by atoms with Crippen molar-refractivity contribution in [3.8, 4) is 0 Å². The molecule has 1 aromatic heterocycles. The molecule has 5 heteroatoms. The number of nitrogens with zero attached hydrogens (tertiary/aromatic N) is 1. The van der Waals surface area contributed by atoms with Crippen LogP contribution in [-0.4, -0.2) is 24.0 Å². The standard InChI is InChI=1S/C19H18FN3O/c20-16-8-6-14(7-9-16)10-12-21-13-18(24)23-17-5-1-3-15-4-2-11-22-19(15)17/h1-9,11,21H,10,12-13H2,(H,23,24). The molecule has 0 aliphatic rings. The van der Waals surface area contributed by atoms with E-state index in [-0.39, 0.29) is 18.3 Å². The lowest BCUT2D eigenvalue weighted by Gasteiger charge is -2.09. The first-order chi connectivity index (χ1) is 11.7. The van der Waals surface area contributed by atoms with Gasteiger partial charge in [0.2, 0.25) is 5.91 Å². The first-order valence-electron chi connectivity index (χ1n) is 7.81. The summed E-state index contributed by atoms with van der Waals surface area (Å²) in [4.78, 5) is 16.4. The predicted molar refractivity (Wildman–Crippen MR) is 93.3 cm³/mol. The number of pyridine rings is 1. The number of nitrogens with one attached hydrogen (secondary N) is 2. The molecule has 0 fully saturated rings. The number of para-hydroxylation sites is 1. The maximum absolute atomic E-state index is 12.8. The van der Waals surface area contributed by atoms with Gasteiger partial charge in [-0.2, -0.15) is 0 Å². The summed E-state index contributed by atoms with van der Waals surface area (Å²) in [6.45, 7) is 0.858. The summed E-state index contributed by atoms with van der Waals surface area (Å²) in [5.41, 5.74) is 2.51. The quantitative estimate of drug-likeness (QED) is 0.685. The second kappa shape index (κ2) is 7.66. The van der Waals surface area contributed by atoms with Gasteiger partial charge >= 0.3 is 0 Å². The minimum atomic E-state index is -0.241. The molecule has 4 nitrogen and oxygen atoms in total. The van der Waals surface area contributed by atoms with Gasteiger partial charge in [0.1, 0.15) is 5.82 Å². The van der Waals surface area contributed by atoms with Gasteiger partial charge in [0.05, 0.1) is 17.7 Å². The Labute approximate surface area is 139 Å². The highest BCUT2D eigenvalue weighted by Gasteiger charge is 2.06. The van der Waals surface area contributed by atoms with Crippen LogP contribution in [0.2, 0.25) is 0 Å². The Bertz CT molecular complexity index is 828. The van der Waals surface area contributed by atoms with E-state index in [0.29, 0.717) is 12.2 Å². The number of hydrogen-bond donors (Lipinski definition) is 2. The minimum absolute atomic E-state index is 0.118. The highest BCUT2D eigenvalue weighted by atomic mass is 19.1. The second-order valence-corrected chi connectivity index (χ2v) is 5.48. The molecule has 0 bridgehead atoms. The van der Waals surface area contributed by atoms with Crippen LogP contribution >= 0.6 is 0 Å². The van der Waals surface area contributed by atoms with E-state index >= 15 is 0 Å². The molecule has 122 valence electrons. The van der Waals surface area contributed by atoms with E-state index in [1.54, 1.807) is 18.3 Å². The largest absolute Gasteiger partial charge is 0.323 e. The van der Waals surface area contributed by atoms with E-state index < -0.39 is 0 Å². The van der Waals surface area contributed by atoms with Crippen molar-refractivity contribution in [2.24, 2.45) is 0 Å². The van der Waals surface area contributed by atoms with Crippen molar-refractivity contribution in [2.75, 3.05) is 18.4 Å². The van der Waals surface area contributed by atoms with Gasteiger partial charge in [-0.1, -0.05) is 30.3 Å². The molecule has 1 heterocycles. The van der Waals surface area contributed by atoms with E-state index in [1.807, 2.05) is 30.3 Å². The van der Waals surface area contributed by atoms with Gasteiger partial charge in [-0.15, -0.1) is 0 Å². The number of rotatable bonds is 6.